The lowest BCUT2D eigenvalue weighted by Crippen LogP contribution is -2.32. The summed E-state index contributed by atoms with van der Waals surface area (Å²) in [6.45, 7) is 1.59. The Hall–Kier alpha value is -4.28. The van der Waals surface area contributed by atoms with Crippen LogP contribution in [0.15, 0.2) is 70.7 Å². The zero-order chi connectivity index (χ0) is 24.9. The summed E-state index contributed by atoms with van der Waals surface area (Å²) in [6, 6.07) is 14.3. The van der Waals surface area contributed by atoms with E-state index >= 15 is 0 Å². The first-order valence-electron chi connectivity index (χ1n) is 10.5. The van der Waals surface area contributed by atoms with Crippen molar-refractivity contribution in [1.29, 1.82) is 0 Å². The highest BCUT2D eigenvalue weighted by Gasteiger charge is 2.24. The third-order valence-electron chi connectivity index (χ3n) is 4.85. The molecule has 9 nitrogen and oxygen atoms in total. The number of cyclic esters (lactones) is 1. The molecule has 0 saturated carbocycles. The number of nitrogens with one attached hydrogen (secondary N) is 1. The average molecular weight is 492 g/mol. The molecule has 0 unspecified atom stereocenters. The largest absolute Gasteiger partial charge is 0.493 e. The molecular weight excluding hydrogens is 470 g/mol. The second-order valence-electron chi connectivity index (χ2n) is 7.47. The molecule has 35 heavy (non-hydrogen) atoms. The smallest absolute Gasteiger partial charge is 0.363 e. The molecule has 1 amide bonds. The number of anilines is 1. The minimum atomic E-state index is -0.636. The molecular formula is C25H21N3O6S. The molecule has 3 aromatic rings. The van der Waals surface area contributed by atoms with Gasteiger partial charge in [0.05, 0.1) is 13.2 Å². The average Bonchev–Trinajstić information content (AvgIpc) is 3.51. The number of nitrogens with two attached hydrogens (primary N) is 1. The number of amides is 1. The fourth-order valence-corrected chi connectivity index (χ4v) is 3.64. The third kappa shape index (κ3) is 5.62. The highest BCUT2D eigenvalue weighted by Crippen LogP contribution is 2.31. The maximum atomic E-state index is 12.4. The van der Waals surface area contributed by atoms with Gasteiger partial charge in [-0.25, -0.2) is 14.6 Å². The van der Waals surface area contributed by atoms with Crippen molar-refractivity contribution < 1.29 is 28.6 Å². The first-order valence-corrected chi connectivity index (χ1v) is 11.3. The molecule has 0 fully saturated rings. The fourth-order valence-electron chi connectivity index (χ4n) is 3.05. The summed E-state index contributed by atoms with van der Waals surface area (Å²) in [5.41, 5.74) is 7.37. The molecule has 1 aliphatic heterocycles. The molecule has 4 rings (SSSR count). The van der Waals surface area contributed by atoms with Gasteiger partial charge in [-0.3, -0.25) is 4.79 Å². The minimum Gasteiger partial charge on any atom is -0.493 e. The van der Waals surface area contributed by atoms with Crippen LogP contribution in [0, 0.1) is 0 Å². The molecule has 178 valence electrons. The standard InChI is InChI=1S/C25H21N3O6S/c1-14(26)22(29)27-17-8-6-16(7-9-17)23-28-18(24(30)34-23)12-15-5-10-19(20(13-15)32-2)33-25(31)21-4-3-11-35-21/h3-14H,26H2,1-2H3,(H,27,29)/b18-12+/t14-/m0/s1. The second-order valence-corrected chi connectivity index (χ2v) is 8.42. The van der Waals surface area contributed by atoms with Gasteiger partial charge >= 0.3 is 11.9 Å². The Labute approximate surface area is 204 Å². The van der Waals surface area contributed by atoms with E-state index in [2.05, 4.69) is 10.3 Å². The molecule has 1 aliphatic rings. The zero-order valence-electron chi connectivity index (χ0n) is 18.8. The van der Waals surface area contributed by atoms with E-state index in [0.717, 1.165) is 0 Å². The Morgan fingerprint density at radius 1 is 1.14 bits per heavy atom. The molecule has 10 heteroatoms. The van der Waals surface area contributed by atoms with Crippen molar-refractivity contribution in [3.63, 3.8) is 0 Å². The first kappa shape index (κ1) is 23.9. The van der Waals surface area contributed by atoms with E-state index < -0.39 is 18.0 Å². The van der Waals surface area contributed by atoms with Crippen molar-refractivity contribution in [2.45, 2.75) is 13.0 Å². The van der Waals surface area contributed by atoms with Crippen molar-refractivity contribution in [3.8, 4) is 11.5 Å². The maximum Gasteiger partial charge on any atom is 0.363 e. The van der Waals surface area contributed by atoms with E-state index in [9.17, 15) is 14.4 Å². The van der Waals surface area contributed by atoms with Crippen molar-refractivity contribution in [1.82, 2.24) is 0 Å². The van der Waals surface area contributed by atoms with Crippen LogP contribution in [-0.4, -0.2) is 36.9 Å². The molecule has 2 aromatic carbocycles. The summed E-state index contributed by atoms with van der Waals surface area (Å²) in [6.07, 6.45) is 1.54. The molecule has 2 heterocycles. The molecule has 3 N–H and O–H groups in total. The molecule has 0 radical (unpaired) electrons. The summed E-state index contributed by atoms with van der Waals surface area (Å²) in [7, 11) is 1.45. The topological polar surface area (TPSA) is 129 Å². The van der Waals surface area contributed by atoms with Crippen molar-refractivity contribution in [2.75, 3.05) is 12.4 Å². The Bertz CT molecular complexity index is 1330. The fraction of sp³-hybridized carbons (Fsp3) is 0.120. The Morgan fingerprint density at radius 2 is 1.91 bits per heavy atom. The molecule has 0 spiro atoms. The summed E-state index contributed by atoms with van der Waals surface area (Å²) < 4.78 is 16.1. The van der Waals surface area contributed by atoms with Crippen molar-refractivity contribution in [3.05, 3.63) is 81.7 Å². The number of esters is 2. The lowest BCUT2D eigenvalue weighted by Gasteiger charge is -2.09. The van der Waals surface area contributed by atoms with Gasteiger partial charge in [0.15, 0.2) is 17.2 Å². The summed E-state index contributed by atoms with van der Waals surface area (Å²) in [5, 5.41) is 4.46. The van der Waals surface area contributed by atoms with Gasteiger partial charge in [-0.1, -0.05) is 12.1 Å². The van der Waals surface area contributed by atoms with Crippen molar-refractivity contribution >= 4 is 46.8 Å². The third-order valence-corrected chi connectivity index (χ3v) is 5.70. The van der Waals surface area contributed by atoms with Crippen molar-refractivity contribution in [2.24, 2.45) is 10.7 Å². The van der Waals surface area contributed by atoms with Crippen LogP contribution in [-0.2, 0) is 14.3 Å². The SMILES string of the molecule is COc1cc(/C=C2/N=C(c3ccc(NC(=O)[C@H](C)N)cc3)OC2=O)ccc1OC(=O)c1cccs1. The van der Waals surface area contributed by atoms with Gasteiger partial charge < -0.3 is 25.3 Å². The zero-order valence-corrected chi connectivity index (χ0v) is 19.6. The normalized spacial score (nSPS) is 14.8. The number of nitrogens with zero attached hydrogens (tertiary/aromatic N) is 1. The second kappa shape index (κ2) is 10.3. The van der Waals surface area contributed by atoms with Gasteiger partial charge in [-0.15, -0.1) is 11.3 Å². The van der Waals surface area contributed by atoms with Gasteiger partial charge in [-0.2, -0.15) is 0 Å². The molecule has 1 atom stereocenters. The van der Waals surface area contributed by atoms with Crippen LogP contribution < -0.4 is 20.5 Å². The van der Waals surface area contributed by atoms with E-state index in [1.807, 2.05) is 0 Å². The lowest BCUT2D eigenvalue weighted by molar-refractivity contribution is -0.130. The van der Waals surface area contributed by atoms with Gasteiger partial charge in [0.25, 0.3) is 0 Å². The van der Waals surface area contributed by atoms with E-state index in [-0.39, 0.29) is 23.3 Å². The Kier molecular flexibility index (Phi) is 7.04. The molecule has 0 saturated heterocycles. The number of carbonyl (C=O) groups excluding carboxylic acids is 3. The van der Waals surface area contributed by atoms with Gasteiger partial charge in [0, 0.05) is 11.3 Å². The number of thiophene rings is 1. The first-order chi connectivity index (χ1) is 16.8. The molecule has 0 aliphatic carbocycles. The van der Waals surface area contributed by atoms with Crippen LogP contribution >= 0.6 is 11.3 Å². The lowest BCUT2D eigenvalue weighted by atomic mass is 10.1. The number of aliphatic imine (C=N–C) groups is 1. The highest BCUT2D eigenvalue weighted by atomic mass is 32.1. The molecule has 1 aromatic heterocycles. The van der Waals surface area contributed by atoms with Gasteiger partial charge in [0.1, 0.15) is 4.88 Å². The van der Waals surface area contributed by atoms with Crippen LogP contribution in [0.1, 0.15) is 27.7 Å². The number of ether oxygens (including phenoxy) is 3. The summed E-state index contributed by atoms with van der Waals surface area (Å²) in [5.74, 6) is -0.690. The number of methoxy groups -OCH3 is 1. The highest BCUT2D eigenvalue weighted by molar-refractivity contribution is 7.12. The van der Waals surface area contributed by atoms with E-state index in [1.165, 1.54) is 18.4 Å². The number of benzene rings is 2. The predicted molar refractivity (Wildman–Crippen MR) is 132 cm³/mol. The summed E-state index contributed by atoms with van der Waals surface area (Å²) in [4.78, 5) is 41.1. The van der Waals surface area contributed by atoms with Crippen LogP contribution in [0.4, 0.5) is 5.69 Å². The predicted octanol–water partition coefficient (Wildman–Crippen LogP) is 3.61. The monoisotopic (exact) mass is 491 g/mol. The number of rotatable bonds is 7. The maximum absolute atomic E-state index is 12.4. The Morgan fingerprint density at radius 3 is 2.57 bits per heavy atom. The van der Waals surface area contributed by atoms with E-state index in [0.29, 0.717) is 27.4 Å². The van der Waals surface area contributed by atoms with Gasteiger partial charge in [0.2, 0.25) is 11.8 Å². The van der Waals surface area contributed by atoms with Crippen LogP contribution in [0.2, 0.25) is 0 Å². The van der Waals surface area contributed by atoms with Crippen LogP contribution in [0.3, 0.4) is 0 Å². The number of hydrogen-bond donors (Lipinski definition) is 2. The Balaban J connectivity index is 1.51. The summed E-state index contributed by atoms with van der Waals surface area (Å²) >= 11 is 1.28. The number of hydrogen-bond acceptors (Lipinski definition) is 9. The quantitative estimate of drug-likeness (QED) is 0.293. The van der Waals surface area contributed by atoms with E-state index in [1.54, 1.807) is 73.0 Å². The van der Waals surface area contributed by atoms with Crippen LogP contribution in [0.5, 0.6) is 11.5 Å². The van der Waals surface area contributed by atoms with Gasteiger partial charge in [-0.05, 0) is 66.4 Å². The molecule has 0 bridgehead atoms. The minimum absolute atomic E-state index is 0.0970. The van der Waals surface area contributed by atoms with Crippen LogP contribution in [0.25, 0.3) is 6.08 Å². The number of carbonyl (C=O) groups is 3. The van der Waals surface area contributed by atoms with E-state index in [4.69, 9.17) is 19.9 Å².